The van der Waals surface area contributed by atoms with E-state index in [4.69, 9.17) is 4.74 Å². The molecule has 0 spiro atoms. The number of nitrogens with one attached hydrogen (secondary N) is 1. The van der Waals surface area contributed by atoms with Crippen molar-refractivity contribution in [2.45, 2.75) is 16.9 Å². The van der Waals surface area contributed by atoms with E-state index in [0.29, 0.717) is 4.47 Å². The van der Waals surface area contributed by atoms with E-state index in [1.54, 1.807) is 0 Å². The predicted molar refractivity (Wildman–Crippen MR) is 68.1 cm³/mol. The maximum absolute atomic E-state index is 12.2. The van der Waals surface area contributed by atoms with Gasteiger partial charge in [0.1, 0.15) is 4.90 Å². The molecule has 0 amide bonds. The molecule has 7 nitrogen and oxygen atoms in total. The number of aliphatic carboxylic acids is 1. The van der Waals surface area contributed by atoms with Crippen LogP contribution in [0.4, 0.5) is 0 Å². The van der Waals surface area contributed by atoms with Gasteiger partial charge in [0.05, 0.1) is 6.61 Å². The van der Waals surface area contributed by atoms with E-state index in [1.165, 1.54) is 12.3 Å². The topological polar surface area (TPSA) is 106 Å². The van der Waals surface area contributed by atoms with Crippen LogP contribution in [0.15, 0.2) is 27.8 Å². The van der Waals surface area contributed by atoms with Crippen LogP contribution in [0.1, 0.15) is 6.42 Å². The maximum atomic E-state index is 12.2. The van der Waals surface area contributed by atoms with E-state index in [1.807, 2.05) is 0 Å². The SMILES string of the molecule is O=C(O)C1(NS(=O)(=O)c2cncc(Br)c2)CCOC1. The normalized spacial score (nSPS) is 23.4. The molecule has 0 radical (unpaired) electrons. The zero-order valence-electron chi connectivity index (χ0n) is 9.67. The molecule has 1 aliphatic heterocycles. The number of pyridine rings is 1. The Kier molecular flexibility index (Phi) is 3.90. The Morgan fingerprint density at radius 2 is 2.26 bits per heavy atom. The van der Waals surface area contributed by atoms with Crippen LogP contribution >= 0.6 is 15.9 Å². The van der Waals surface area contributed by atoms with E-state index in [-0.39, 0.29) is 24.5 Å². The molecule has 1 aromatic rings. The molecule has 0 aromatic carbocycles. The fourth-order valence-electron chi connectivity index (χ4n) is 1.71. The highest BCUT2D eigenvalue weighted by Gasteiger charge is 2.46. The van der Waals surface area contributed by atoms with Crippen LogP contribution < -0.4 is 4.72 Å². The minimum absolute atomic E-state index is 0.0863. The molecule has 1 saturated heterocycles. The standard InChI is InChI=1S/C10H11BrN2O5S/c11-7-3-8(5-12-4-7)19(16,17)13-10(9(14)15)1-2-18-6-10/h3-5,13H,1-2,6H2,(H,14,15). The zero-order valence-corrected chi connectivity index (χ0v) is 12.1. The van der Waals surface area contributed by atoms with E-state index in [2.05, 4.69) is 25.6 Å². The second-order valence-corrected chi connectivity index (χ2v) is 6.73. The summed E-state index contributed by atoms with van der Waals surface area (Å²) in [6, 6.07) is 1.35. The number of hydrogen-bond acceptors (Lipinski definition) is 5. The van der Waals surface area contributed by atoms with Crippen molar-refractivity contribution in [3.63, 3.8) is 0 Å². The van der Waals surface area contributed by atoms with Crippen molar-refractivity contribution >= 4 is 31.9 Å². The van der Waals surface area contributed by atoms with Gasteiger partial charge in [-0.2, -0.15) is 4.72 Å². The molecule has 0 bridgehead atoms. The minimum atomic E-state index is -3.97. The molecule has 19 heavy (non-hydrogen) atoms. The highest BCUT2D eigenvalue weighted by atomic mass is 79.9. The van der Waals surface area contributed by atoms with Crippen LogP contribution in [0.5, 0.6) is 0 Å². The number of sulfonamides is 1. The predicted octanol–water partition coefficient (Wildman–Crippen LogP) is 0.366. The third-order valence-corrected chi connectivity index (χ3v) is 4.69. The van der Waals surface area contributed by atoms with Crippen LogP contribution in [0.25, 0.3) is 0 Å². The maximum Gasteiger partial charge on any atom is 0.327 e. The molecular weight excluding hydrogens is 340 g/mol. The molecule has 9 heteroatoms. The Morgan fingerprint density at radius 1 is 1.53 bits per heavy atom. The number of ether oxygens (including phenoxy) is 1. The first-order chi connectivity index (χ1) is 8.86. The van der Waals surface area contributed by atoms with E-state index >= 15 is 0 Å². The van der Waals surface area contributed by atoms with Crippen LogP contribution in [-0.2, 0) is 19.6 Å². The number of aromatic nitrogens is 1. The molecule has 104 valence electrons. The number of carboxylic acid groups (broad SMARTS) is 1. The first-order valence-corrected chi connectivity index (χ1v) is 7.59. The van der Waals surface area contributed by atoms with E-state index < -0.39 is 21.5 Å². The summed E-state index contributed by atoms with van der Waals surface area (Å²) in [5.41, 5.74) is -1.61. The van der Waals surface area contributed by atoms with Crippen molar-refractivity contribution in [2.24, 2.45) is 0 Å². The lowest BCUT2D eigenvalue weighted by atomic mass is 10.0. The summed E-state index contributed by atoms with van der Waals surface area (Å²) < 4.78 is 32.0. The van der Waals surface area contributed by atoms with Gasteiger partial charge in [-0.25, -0.2) is 8.42 Å². The fourth-order valence-corrected chi connectivity index (χ4v) is 3.59. The largest absolute Gasteiger partial charge is 0.480 e. The summed E-state index contributed by atoms with van der Waals surface area (Å²) in [4.78, 5) is 14.9. The summed E-state index contributed by atoms with van der Waals surface area (Å²) in [7, 11) is -3.97. The fraction of sp³-hybridized carbons (Fsp3) is 0.400. The molecule has 2 heterocycles. The average molecular weight is 351 g/mol. The number of hydrogen-bond donors (Lipinski definition) is 2. The van der Waals surface area contributed by atoms with Crippen molar-refractivity contribution in [1.82, 2.24) is 9.71 Å². The summed E-state index contributed by atoms with van der Waals surface area (Å²) in [6.45, 7) is 0.00848. The second kappa shape index (κ2) is 5.16. The van der Waals surface area contributed by atoms with Crippen LogP contribution in [0.2, 0.25) is 0 Å². The Morgan fingerprint density at radius 3 is 2.79 bits per heavy atom. The van der Waals surface area contributed by atoms with Crippen molar-refractivity contribution in [3.05, 3.63) is 22.9 Å². The molecular formula is C10H11BrN2O5S. The number of carboxylic acids is 1. The Hall–Kier alpha value is -1.03. The first-order valence-electron chi connectivity index (χ1n) is 5.31. The van der Waals surface area contributed by atoms with Crippen molar-refractivity contribution in [1.29, 1.82) is 0 Å². The highest BCUT2D eigenvalue weighted by molar-refractivity contribution is 9.10. The molecule has 2 rings (SSSR count). The second-order valence-electron chi connectivity index (χ2n) is 4.13. The third-order valence-electron chi connectivity index (χ3n) is 2.75. The Bertz CT molecular complexity index is 598. The van der Waals surface area contributed by atoms with Gasteiger partial charge in [0.25, 0.3) is 0 Å². The van der Waals surface area contributed by atoms with E-state index in [9.17, 15) is 18.3 Å². The molecule has 2 N–H and O–H groups in total. The number of rotatable bonds is 4. The van der Waals surface area contributed by atoms with Crippen LogP contribution in [0.3, 0.4) is 0 Å². The van der Waals surface area contributed by atoms with Crippen molar-refractivity contribution < 1.29 is 23.1 Å². The Balaban J connectivity index is 2.33. The van der Waals surface area contributed by atoms with Gasteiger partial charge >= 0.3 is 5.97 Å². The first kappa shape index (κ1) is 14.4. The molecule has 1 fully saturated rings. The van der Waals surface area contributed by atoms with Gasteiger partial charge in [0, 0.05) is 29.9 Å². The zero-order chi connectivity index (χ0) is 14.1. The van der Waals surface area contributed by atoms with Gasteiger partial charge < -0.3 is 9.84 Å². The average Bonchev–Trinajstić information content (AvgIpc) is 2.78. The Labute approximate surface area is 118 Å². The third kappa shape index (κ3) is 2.94. The smallest absolute Gasteiger partial charge is 0.327 e. The minimum Gasteiger partial charge on any atom is -0.480 e. The quantitative estimate of drug-likeness (QED) is 0.812. The molecule has 0 aliphatic carbocycles. The van der Waals surface area contributed by atoms with Gasteiger partial charge in [0.15, 0.2) is 5.54 Å². The monoisotopic (exact) mass is 350 g/mol. The number of carbonyl (C=O) groups is 1. The molecule has 1 atom stereocenters. The summed E-state index contributed by atoms with van der Waals surface area (Å²) in [5, 5.41) is 9.20. The summed E-state index contributed by atoms with van der Waals surface area (Å²) in [5.74, 6) is -1.25. The van der Waals surface area contributed by atoms with Gasteiger partial charge in [-0.05, 0) is 22.0 Å². The number of nitrogens with zero attached hydrogens (tertiary/aromatic N) is 1. The van der Waals surface area contributed by atoms with Gasteiger partial charge in [-0.15, -0.1) is 0 Å². The summed E-state index contributed by atoms with van der Waals surface area (Å²) >= 11 is 3.11. The lowest BCUT2D eigenvalue weighted by Crippen LogP contribution is -2.55. The number of halogens is 1. The summed E-state index contributed by atoms with van der Waals surface area (Å²) in [6.07, 6.45) is 2.67. The molecule has 0 saturated carbocycles. The van der Waals surface area contributed by atoms with E-state index in [0.717, 1.165) is 6.20 Å². The van der Waals surface area contributed by atoms with Crippen molar-refractivity contribution in [2.75, 3.05) is 13.2 Å². The van der Waals surface area contributed by atoms with Crippen molar-refractivity contribution in [3.8, 4) is 0 Å². The van der Waals surface area contributed by atoms with Gasteiger partial charge in [-0.1, -0.05) is 0 Å². The van der Waals surface area contributed by atoms with Crippen LogP contribution in [-0.4, -0.2) is 43.2 Å². The van der Waals surface area contributed by atoms with Gasteiger partial charge in [-0.3, -0.25) is 9.78 Å². The lowest BCUT2D eigenvalue weighted by Gasteiger charge is -2.23. The molecule has 1 aromatic heterocycles. The van der Waals surface area contributed by atoms with Gasteiger partial charge in [0.2, 0.25) is 10.0 Å². The molecule has 1 unspecified atom stereocenters. The molecule has 1 aliphatic rings. The van der Waals surface area contributed by atoms with Crippen LogP contribution in [0, 0.1) is 0 Å². The highest BCUT2D eigenvalue weighted by Crippen LogP contribution is 2.23. The lowest BCUT2D eigenvalue weighted by molar-refractivity contribution is -0.144.